The van der Waals surface area contributed by atoms with Crippen molar-refractivity contribution in [2.24, 2.45) is 0 Å². The third-order valence-electron chi connectivity index (χ3n) is 2.68. The van der Waals surface area contributed by atoms with E-state index in [1.807, 2.05) is 26.8 Å². The Kier molecular flexibility index (Phi) is 3.60. The smallest absolute Gasteiger partial charge is 0.410 e. The Hall–Kier alpha value is -1.84. The van der Waals surface area contributed by atoms with Crippen LogP contribution >= 0.6 is 0 Å². The van der Waals surface area contributed by atoms with E-state index in [0.29, 0.717) is 13.1 Å². The van der Waals surface area contributed by atoms with Crippen molar-refractivity contribution >= 4 is 12.2 Å². The zero-order valence-electron chi connectivity index (χ0n) is 11.4. The summed E-state index contributed by atoms with van der Waals surface area (Å²) in [6, 6.07) is 6.30. The standard InChI is InChI=1S/C15H18FNO2/c1-15(2,3)19-14(18)17-9-12(10-17)8-11-4-6-13(16)7-5-11/h4-8H,9-10H2,1-3H3. The number of carbonyl (C=O) groups is 1. The lowest BCUT2D eigenvalue weighted by Crippen LogP contribution is -2.46. The zero-order valence-corrected chi connectivity index (χ0v) is 11.4. The number of carbonyl (C=O) groups excluding carboxylic acids is 1. The van der Waals surface area contributed by atoms with Gasteiger partial charge in [0, 0.05) is 13.1 Å². The van der Waals surface area contributed by atoms with E-state index in [9.17, 15) is 9.18 Å². The van der Waals surface area contributed by atoms with Crippen molar-refractivity contribution < 1.29 is 13.9 Å². The van der Waals surface area contributed by atoms with Gasteiger partial charge in [-0.05, 0) is 44.0 Å². The van der Waals surface area contributed by atoms with Gasteiger partial charge in [0.2, 0.25) is 0 Å². The van der Waals surface area contributed by atoms with Crippen molar-refractivity contribution in [2.75, 3.05) is 13.1 Å². The van der Waals surface area contributed by atoms with Crippen LogP contribution in [0.5, 0.6) is 0 Å². The second-order valence-electron chi connectivity index (χ2n) is 5.69. The molecule has 1 amide bonds. The van der Waals surface area contributed by atoms with Gasteiger partial charge in [0.15, 0.2) is 0 Å². The molecule has 0 saturated carbocycles. The predicted molar refractivity (Wildman–Crippen MR) is 72.2 cm³/mol. The van der Waals surface area contributed by atoms with Crippen LogP contribution in [0.4, 0.5) is 9.18 Å². The van der Waals surface area contributed by atoms with Crippen LogP contribution in [-0.4, -0.2) is 29.7 Å². The van der Waals surface area contributed by atoms with Crippen LogP contribution in [0, 0.1) is 5.82 Å². The summed E-state index contributed by atoms with van der Waals surface area (Å²) in [6.07, 6.45) is 1.68. The number of hydrogen-bond acceptors (Lipinski definition) is 2. The molecule has 1 aliphatic heterocycles. The molecule has 1 saturated heterocycles. The maximum absolute atomic E-state index is 12.8. The first-order chi connectivity index (χ1) is 8.83. The van der Waals surface area contributed by atoms with Gasteiger partial charge in [0.1, 0.15) is 11.4 Å². The van der Waals surface area contributed by atoms with E-state index in [1.54, 1.807) is 17.0 Å². The van der Waals surface area contributed by atoms with Gasteiger partial charge in [-0.3, -0.25) is 0 Å². The third-order valence-corrected chi connectivity index (χ3v) is 2.68. The summed E-state index contributed by atoms with van der Waals surface area (Å²) in [5.74, 6) is -0.244. The Morgan fingerprint density at radius 2 is 1.84 bits per heavy atom. The molecule has 0 unspecified atom stereocenters. The molecule has 4 heteroatoms. The summed E-state index contributed by atoms with van der Waals surface area (Å²) in [7, 11) is 0. The van der Waals surface area contributed by atoms with E-state index in [1.165, 1.54) is 12.1 Å². The van der Waals surface area contributed by atoms with Crippen molar-refractivity contribution in [3.8, 4) is 0 Å². The quantitative estimate of drug-likeness (QED) is 0.776. The Morgan fingerprint density at radius 1 is 1.26 bits per heavy atom. The maximum atomic E-state index is 12.8. The number of benzene rings is 1. The number of likely N-dealkylation sites (tertiary alicyclic amines) is 1. The summed E-state index contributed by atoms with van der Waals surface area (Å²) in [4.78, 5) is 13.3. The largest absolute Gasteiger partial charge is 0.444 e. The molecule has 102 valence electrons. The van der Waals surface area contributed by atoms with Crippen LogP contribution < -0.4 is 0 Å². The Bertz CT molecular complexity index is 492. The average molecular weight is 263 g/mol. The predicted octanol–water partition coefficient (Wildman–Crippen LogP) is 3.46. The number of hydrogen-bond donors (Lipinski definition) is 0. The molecule has 1 aromatic rings. The van der Waals surface area contributed by atoms with Gasteiger partial charge in [-0.25, -0.2) is 9.18 Å². The molecule has 0 spiro atoms. The first kappa shape index (κ1) is 13.6. The van der Waals surface area contributed by atoms with Crippen molar-refractivity contribution in [3.63, 3.8) is 0 Å². The molecule has 0 atom stereocenters. The fraction of sp³-hybridized carbons (Fsp3) is 0.400. The average Bonchev–Trinajstić information content (AvgIpc) is 2.22. The highest BCUT2D eigenvalue weighted by atomic mass is 19.1. The molecule has 1 fully saturated rings. The van der Waals surface area contributed by atoms with Crippen LogP contribution in [0.1, 0.15) is 26.3 Å². The van der Waals surface area contributed by atoms with Gasteiger partial charge in [-0.1, -0.05) is 18.2 Å². The molecular weight excluding hydrogens is 245 g/mol. The van der Waals surface area contributed by atoms with Crippen LogP contribution in [0.2, 0.25) is 0 Å². The highest BCUT2D eigenvalue weighted by Crippen LogP contribution is 2.21. The van der Waals surface area contributed by atoms with E-state index < -0.39 is 5.60 Å². The molecule has 2 rings (SSSR count). The van der Waals surface area contributed by atoms with Gasteiger partial charge in [0.05, 0.1) is 0 Å². The lowest BCUT2D eigenvalue weighted by Gasteiger charge is -2.35. The summed E-state index contributed by atoms with van der Waals surface area (Å²) in [6.45, 7) is 6.69. The van der Waals surface area contributed by atoms with E-state index in [-0.39, 0.29) is 11.9 Å². The fourth-order valence-electron chi connectivity index (χ4n) is 1.79. The van der Waals surface area contributed by atoms with Gasteiger partial charge < -0.3 is 9.64 Å². The van der Waals surface area contributed by atoms with Gasteiger partial charge in [0.25, 0.3) is 0 Å². The minimum atomic E-state index is -0.465. The lowest BCUT2D eigenvalue weighted by atomic mass is 10.0. The fourth-order valence-corrected chi connectivity index (χ4v) is 1.79. The second-order valence-corrected chi connectivity index (χ2v) is 5.69. The molecule has 1 heterocycles. The first-order valence-corrected chi connectivity index (χ1v) is 6.26. The molecule has 0 aromatic heterocycles. The molecule has 0 N–H and O–H groups in total. The molecule has 3 nitrogen and oxygen atoms in total. The molecule has 0 aliphatic carbocycles. The van der Waals surface area contributed by atoms with Gasteiger partial charge in [-0.15, -0.1) is 0 Å². The molecule has 19 heavy (non-hydrogen) atoms. The van der Waals surface area contributed by atoms with E-state index in [2.05, 4.69) is 0 Å². The minimum Gasteiger partial charge on any atom is -0.444 e. The van der Waals surface area contributed by atoms with Crippen molar-refractivity contribution in [2.45, 2.75) is 26.4 Å². The van der Waals surface area contributed by atoms with E-state index in [0.717, 1.165) is 11.1 Å². The highest BCUT2D eigenvalue weighted by Gasteiger charge is 2.29. The normalized spacial score (nSPS) is 14.9. The summed E-state index contributed by atoms with van der Waals surface area (Å²) in [5, 5.41) is 0. The van der Waals surface area contributed by atoms with Crippen LogP contribution in [0.25, 0.3) is 6.08 Å². The number of ether oxygens (including phenoxy) is 1. The molecular formula is C15H18FNO2. The van der Waals surface area contributed by atoms with Crippen molar-refractivity contribution in [1.29, 1.82) is 0 Å². The number of amides is 1. The Labute approximate surface area is 112 Å². The zero-order chi connectivity index (χ0) is 14.0. The van der Waals surface area contributed by atoms with E-state index in [4.69, 9.17) is 4.74 Å². The van der Waals surface area contributed by atoms with Crippen molar-refractivity contribution in [1.82, 2.24) is 4.90 Å². The topological polar surface area (TPSA) is 29.5 Å². The summed E-state index contributed by atoms with van der Waals surface area (Å²) < 4.78 is 18.0. The Balaban J connectivity index is 1.89. The molecule has 1 aromatic carbocycles. The summed E-state index contributed by atoms with van der Waals surface area (Å²) in [5.41, 5.74) is 1.62. The second kappa shape index (κ2) is 5.03. The Morgan fingerprint density at radius 3 is 2.37 bits per heavy atom. The maximum Gasteiger partial charge on any atom is 0.410 e. The molecule has 1 aliphatic rings. The van der Waals surface area contributed by atoms with E-state index >= 15 is 0 Å². The van der Waals surface area contributed by atoms with Crippen LogP contribution in [0.3, 0.4) is 0 Å². The van der Waals surface area contributed by atoms with Gasteiger partial charge >= 0.3 is 6.09 Å². The molecule has 0 bridgehead atoms. The number of halogens is 1. The van der Waals surface area contributed by atoms with Crippen LogP contribution in [-0.2, 0) is 4.74 Å². The van der Waals surface area contributed by atoms with Crippen molar-refractivity contribution in [3.05, 3.63) is 41.2 Å². The third kappa shape index (κ3) is 3.81. The number of nitrogens with zero attached hydrogens (tertiary/aromatic N) is 1. The molecule has 0 radical (unpaired) electrons. The SMILES string of the molecule is CC(C)(C)OC(=O)N1CC(=Cc2ccc(F)cc2)C1. The monoisotopic (exact) mass is 263 g/mol. The lowest BCUT2D eigenvalue weighted by molar-refractivity contribution is 0.0216. The van der Waals surface area contributed by atoms with Gasteiger partial charge in [-0.2, -0.15) is 0 Å². The first-order valence-electron chi connectivity index (χ1n) is 6.26. The highest BCUT2D eigenvalue weighted by molar-refractivity contribution is 5.72. The minimum absolute atomic E-state index is 0.244. The summed E-state index contributed by atoms with van der Waals surface area (Å²) >= 11 is 0. The van der Waals surface area contributed by atoms with Crippen LogP contribution in [0.15, 0.2) is 29.8 Å². The number of rotatable bonds is 1.